The lowest BCUT2D eigenvalue weighted by Gasteiger charge is -2.13. The molecule has 4 nitrogen and oxygen atoms in total. The van der Waals surface area contributed by atoms with E-state index in [1.807, 2.05) is 6.07 Å². The predicted molar refractivity (Wildman–Crippen MR) is 43.4 cm³/mol. The lowest BCUT2D eigenvalue weighted by Crippen LogP contribution is -2.28. The first-order valence-electron chi connectivity index (χ1n) is 3.50. The van der Waals surface area contributed by atoms with Crippen LogP contribution in [0.5, 0.6) is 0 Å². The highest BCUT2D eigenvalue weighted by Crippen LogP contribution is 2.18. The van der Waals surface area contributed by atoms with Crippen molar-refractivity contribution in [1.29, 1.82) is 5.26 Å². The average Bonchev–Trinajstić information content (AvgIpc) is 2.32. The van der Waals surface area contributed by atoms with Crippen LogP contribution in [-0.4, -0.2) is 17.4 Å². The van der Waals surface area contributed by atoms with Gasteiger partial charge in [0, 0.05) is 6.54 Å². The third kappa shape index (κ3) is 1.17. The van der Waals surface area contributed by atoms with Gasteiger partial charge in [-0.15, -0.1) is 6.58 Å². The highest BCUT2D eigenvalue weighted by Gasteiger charge is 2.26. The topological polar surface area (TPSA) is 70.1 Å². The lowest BCUT2D eigenvalue weighted by atomic mass is 10.2. The zero-order valence-corrected chi connectivity index (χ0v) is 6.58. The van der Waals surface area contributed by atoms with Gasteiger partial charge in [-0.3, -0.25) is 9.69 Å². The van der Waals surface area contributed by atoms with Crippen LogP contribution in [0.3, 0.4) is 0 Å². The third-order valence-corrected chi connectivity index (χ3v) is 1.68. The summed E-state index contributed by atoms with van der Waals surface area (Å²) in [5.41, 5.74) is 5.87. The first-order chi connectivity index (χ1) is 5.70. The molecule has 0 aliphatic carbocycles. The minimum absolute atomic E-state index is 0.121. The molecular formula is C8H9N3O. The highest BCUT2D eigenvalue weighted by molar-refractivity contribution is 5.85. The first-order valence-corrected chi connectivity index (χ1v) is 3.50. The molecule has 1 heterocycles. The molecule has 0 aromatic carbocycles. The minimum Gasteiger partial charge on any atom is -0.384 e. The van der Waals surface area contributed by atoms with Crippen LogP contribution in [0.15, 0.2) is 24.0 Å². The van der Waals surface area contributed by atoms with Crippen LogP contribution in [0, 0.1) is 11.3 Å². The summed E-state index contributed by atoms with van der Waals surface area (Å²) in [4.78, 5) is 12.5. The molecule has 2 N–H and O–H groups in total. The predicted octanol–water partition coefficient (Wildman–Crippen LogP) is 0.0986. The second-order valence-electron chi connectivity index (χ2n) is 2.45. The summed E-state index contributed by atoms with van der Waals surface area (Å²) in [5.74, 6) is 0.131. The molecule has 1 aliphatic rings. The molecule has 1 rings (SSSR count). The van der Waals surface area contributed by atoms with Crippen LogP contribution in [0.25, 0.3) is 0 Å². The van der Waals surface area contributed by atoms with Crippen LogP contribution in [-0.2, 0) is 4.79 Å². The molecule has 4 heteroatoms. The number of nitrogens with two attached hydrogens (primary N) is 1. The van der Waals surface area contributed by atoms with E-state index < -0.39 is 0 Å². The van der Waals surface area contributed by atoms with Gasteiger partial charge in [0.05, 0.1) is 18.1 Å². The molecule has 0 unspecified atom stereocenters. The van der Waals surface area contributed by atoms with Crippen molar-refractivity contribution in [2.75, 3.05) is 6.54 Å². The van der Waals surface area contributed by atoms with E-state index in [1.54, 1.807) is 6.08 Å². The van der Waals surface area contributed by atoms with Crippen molar-refractivity contribution in [2.45, 2.75) is 6.42 Å². The molecule has 12 heavy (non-hydrogen) atoms. The van der Waals surface area contributed by atoms with E-state index in [-0.39, 0.29) is 18.1 Å². The summed E-state index contributed by atoms with van der Waals surface area (Å²) in [5, 5.41) is 8.55. The molecule has 0 saturated heterocycles. The number of amides is 1. The van der Waals surface area contributed by atoms with E-state index in [2.05, 4.69) is 6.58 Å². The Bertz CT molecular complexity index is 298. The van der Waals surface area contributed by atoms with Gasteiger partial charge >= 0.3 is 0 Å². The summed E-state index contributed by atoms with van der Waals surface area (Å²) < 4.78 is 0. The second-order valence-corrected chi connectivity index (χ2v) is 2.45. The molecule has 0 radical (unpaired) electrons. The second kappa shape index (κ2) is 3.09. The Morgan fingerprint density at radius 1 is 1.83 bits per heavy atom. The van der Waals surface area contributed by atoms with E-state index in [9.17, 15) is 4.79 Å². The van der Waals surface area contributed by atoms with E-state index in [0.29, 0.717) is 12.1 Å². The largest absolute Gasteiger partial charge is 0.384 e. The number of nitriles is 1. The molecule has 0 spiro atoms. The molecule has 0 bridgehead atoms. The van der Waals surface area contributed by atoms with Crippen LogP contribution in [0.2, 0.25) is 0 Å². The number of carbonyl (C=O) groups is 1. The number of hydrogen-bond acceptors (Lipinski definition) is 3. The Hall–Kier alpha value is -1.76. The van der Waals surface area contributed by atoms with Crippen LogP contribution >= 0.6 is 0 Å². The molecule has 62 valence electrons. The maximum atomic E-state index is 11.1. The maximum Gasteiger partial charge on any atom is 0.233 e. The Labute approximate surface area is 70.6 Å². The molecule has 0 aromatic rings. The molecular weight excluding hydrogens is 154 g/mol. The van der Waals surface area contributed by atoms with Crippen LogP contribution in [0.1, 0.15) is 6.42 Å². The first kappa shape index (κ1) is 8.34. The zero-order chi connectivity index (χ0) is 9.14. The Morgan fingerprint density at radius 2 is 2.50 bits per heavy atom. The Morgan fingerprint density at radius 3 is 2.92 bits per heavy atom. The van der Waals surface area contributed by atoms with Gasteiger partial charge in [-0.25, -0.2) is 0 Å². The van der Waals surface area contributed by atoms with Crippen LogP contribution in [0.4, 0.5) is 0 Å². The van der Waals surface area contributed by atoms with Gasteiger partial charge < -0.3 is 5.73 Å². The van der Waals surface area contributed by atoms with E-state index in [4.69, 9.17) is 11.0 Å². The quantitative estimate of drug-likeness (QED) is 0.587. The molecule has 1 aliphatic heterocycles. The summed E-state index contributed by atoms with van der Waals surface area (Å²) in [6.45, 7) is 3.86. The van der Waals surface area contributed by atoms with Gasteiger partial charge in [0.15, 0.2) is 0 Å². The van der Waals surface area contributed by atoms with Crippen molar-refractivity contribution in [2.24, 2.45) is 5.73 Å². The van der Waals surface area contributed by atoms with Gasteiger partial charge in [0.2, 0.25) is 5.91 Å². The molecule has 0 fully saturated rings. The SMILES string of the molecule is C=CCN1C(=O)CC(C#N)=C1N. The summed E-state index contributed by atoms with van der Waals surface area (Å²) in [6, 6.07) is 1.89. The molecule has 0 atom stereocenters. The van der Waals surface area contributed by atoms with Gasteiger partial charge in [-0.1, -0.05) is 6.08 Å². The number of rotatable bonds is 2. The fraction of sp³-hybridized carbons (Fsp3) is 0.250. The summed E-state index contributed by atoms with van der Waals surface area (Å²) in [6.07, 6.45) is 1.70. The third-order valence-electron chi connectivity index (χ3n) is 1.68. The van der Waals surface area contributed by atoms with E-state index >= 15 is 0 Å². The highest BCUT2D eigenvalue weighted by atomic mass is 16.2. The van der Waals surface area contributed by atoms with E-state index in [0.717, 1.165) is 0 Å². The van der Waals surface area contributed by atoms with Crippen molar-refractivity contribution < 1.29 is 4.79 Å². The van der Waals surface area contributed by atoms with Crippen molar-refractivity contribution >= 4 is 5.91 Å². The van der Waals surface area contributed by atoms with Crippen LogP contribution < -0.4 is 5.73 Å². The Kier molecular flexibility index (Phi) is 2.15. The van der Waals surface area contributed by atoms with E-state index in [1.165, 1.54) is 4.90 Å². The van der Waals surface area contributed by atoms with Crippen molar-refractivity contribution in [3.8, 4) is 6.07 Å². The molecule has 1 amide bonds. The average molecular weight is 163 g/mol. The normalized spacial score (nSPS) is 16.6. The van der Waals surface area contributed by atoms with Gasteiger partial charge in [-0.05, 0) is 0 Å². The summed E-state index contributed by atoms with van der Waals surface area (Å²) >= 11 is 0. The van der Waals surface area contributed by atoms with Crippen molar-refractivity contribution in [1.82, 2.24) is 4.90 Å². The number of hydrogen-bond donors (Lipinski definition) is 1. The van der Waals surface area contributed by atoms with Crippen molar-refractivity contribution in [3.63, 3.8) is 0 Å². The Balaban J connectivity index is 2.89. The lowest BCUT2D eigenvalue weighted by molar-refractivity contribution is -0.126. The standard InChI is InChI=1S/C8H9N3O/c1-2-3-11-7(12)4-6(5-9)8(11)10/h2H,1,3-4,10H2. The fourth-order valence-corrected chi connectivity index (χ4v) is 1.06. The van der Waals surface area contributed by atoms with Gasteiger partial charge in [0.1, 0.15) is 5.82 Å². The number of nitrogens with zero attached hydrogens (tertiary/aromatic N) is 2. The van der Waals surface area contributed by atoms with Gasteiger partial charge in [0.25, 0.3) is 0 Å². The minimum atomic E-state index is -0.135. The molecule has 0 aromatic heterocycles. The fourth-order valence-electron chi connectivity index (χ4n) is 1.06. The smallest absolute Gasteiger partial charge is 0.233 e. The monoisotopic (exact) mass is 163 g/mol. The summed E-state index contributed by atoms with van der Waals surface area (Å²) in [7, 11) is 0. The molecule has 0 saturated carbocycles. The zero-order valence-electron chi connectivity index (χ0n) is 6.58. The van der Waals surface area contributed by atoms with Gasteiger partial charge in [-0.2, -0.15) is 5.26 Å². The maximum absolute atomic E-state index is 11.1. The number of carbonyl (C=O) groups excluding carboxylic acids is 1. The van der Waals surface area contributed by atoms with Crippen molar-refractivity contribution in [3.05, 3.63) is 24.0 Å².